The lowest BCUT2D eigenvalue weighted by Gasteiger charge is -2.01. The number of imidazole rings is 1. The molecule has 19 heavy (non-hydrogen) atoms. The molecule has 0 saturated heterocycles. The number of aryl methyl sites for hydroxylation is 1. The van der Waals surface area contributed by atoms with Crippen LogP contribution in [0.2, 0.25) is 0 Å². The molecule has 0 spiro atoms. The molecule has 0 aliphatic carbocycles. The third-order valence-electron chi connectivity index (χ3n) is 3.06. The van der Waals surface area contributed by atoms with Crippen LogP contribution < -0.4 is 0 Å². The van der Waals surface area contributed by atoms with Gasteiger partial charge in [0, 0.05) is 27.0 Å². The summed E-state index contributed by atoms with van der Waals surface area (Å²) in [6.07, 6.45) is 2.06. The molecule has 2 nitrogen and oxygen atoms in total. The van der Waals surface area contributed by atoms with Gasteiger partial charge in [-0.2, -0.15) is 0 Å². The monoisotopic (exact) mass is 332 g/mol. The zero-order chi connectivity index (χ0) is 13.2. The number of fused-ring (bicyclic) bond motifs is 1. The minimum atomic E-state index is 0.898. The van der Waals surface area contributed by atoms with Crippen LogP contribution >= 0.6 is 27.7 Å². The Labute approximate surface area is 125 Å². The Morgan fingerprint density at radius 2 is 1.95 bits per heavy atom. The summed E-state index contributed by atoms with van der Waals surface area (Å²) in [5.41, 5.74) is 3.39. The number of halogens is 1. The van der Waals surface area contributed by atoms with E-state index in [2.05, 4.69) is 62.7 Å². The molecule has 3 aromatic rings. The molecule has 0 aliphatic rings. The van der Waals surface area contributed by atoms with Crippen LogP contribution in [0.15, 0.2) is 58.0 Å². The topological polar surface area (TPSA) is 17.3 Å². The van der Waals surface area contributed by atoms with Gasteiger partial charge in [0.1, 0.15) is 5.65 Å². The van der Waals surface area contributed by atoms with Crippen LogP contribution in [0.3, 0.4) is 0 Å². The highest BCUT2D eigenvalue weighted by Gasteiger charge is 2.07. The normalized spacial score (nSPS) is 11.1. The second kappa shape index (κ2) is 5.39. The van der Waals surface area contributed by atoms with E-state index in [1.54, 1.807) is 0 Å². The summed E-state index contributed by atoms with van der Waals surface area (Å²) in [7, 11) is 0. The number of pyridine rings is 1. The van der Waals surface area contributed by atoms with E-state index >= 15 is 0 Å². The van der Waals surface area contributed by atoms with Crippen LogP contribution in [0.4, 0.5) is 0 Å². The van der Waals surface area contributed by atoms with Crippen molar-refractivity contribution in [2.24, 2.45) is 0 Å². The quantitative estimate of drug-likeness (QED) is 0.647. The Balaban J connectivity index is 1.82. The van der Waals surface area contributed by atoms with Gasteiger partial charge in [-0.15, -0.1) is 11.8 Å². The van der Waals surface area contributed by atoms with Gasteiger partial charge in [0.15, 0.2) is 0 Å². The molecule has 2 heterocycles. The SMILES string of the molecule is Cc1c(CSc2ccc(Br)cc2)nc2ccccn12. The second-order valence-corrected chi connectivity index (χ2v) is 6.28. The van der Waals surface area contributed by atoms with E-state index in [9.17, 15) is 0 Å². The Bertz CT molecular complexity index is 704. The van der Waals surface area contributed by atoms with Crippen LogP contribution in [0, 0.1) is 6.92 Å². The van der Waals surface area contributed by atoms with Gasteiger partial charge in [0.05, 0.1) is 5.69 Å². The van der Waals surface area contributed by atoms with Crippen LogP contribution in [-0.2, 0) is 5.75 Å². The number of aromatic nitrogens is 2. The van der Waals surface area contributed by atoms with Crippen molar-refractivity contribution in [3.05, 3.63) is 64.5 Å². The molecular formula is C15H13BrN2S. The number of benzene rings is 1. The third-order valence-corrected chi connectivity index (χ3v) is 4.61. The van der Waals surface area contributed by atoms with Gasteiger partial charge in [-0.05, 0) is 43.3 Å². The number of thioether (sulfide) groups is 1. The molecule has 2 aromatic heterocycles. The number of nitrogens with zero attached hydrogens (tertiary/aromatic N) is 2. The number of hydrogen-bond donors (Lipinski definition) is 0. The highest BCUT2D eigenvalue weighted by molar-refractivity contribution is 9.10. The van der Waals surface area contributed by atoms with E-state index in [0.29, 0.717) is 0 Å². The van der Waals surface area contributed by atoms with Gasteiger partial charge >= 0.3 is 0 Å². The molecule has 0 unspecified atom stereocenters. The van der Waals surface area contributed by atoms with Crippen molar-refractivity contribution in [1.82, 2.24) is 9.38 Å². The van der Waals surface area contributed by atoms with E-state index in [1.807, 2.05) is 30.0 Å². The maximum Gasteiger partial charge on any atom is 0.137 e. The third kappa shape index (κ3) is 2.69. The van der Waals surface area contributed by atoms with Crippen molar-refractivity contribution in [3.63, 3.8) is 0 Å². The molecule has 4 heteroatoms. The first-order valence-corrected chi connectivity index (χ1v) is 7.83. The van der Waals surface area contributed by atoms with Crippen molar-refractivity contribution < 1.29 is 0 Å². The molecule has 0 saturated carbocycles. The fourth-order valence-corrected chi connectivity index (χ4v) is 3.16. The predicted octanol–water partition coefficient (Wildman–Crippen LogP) is 4.70. The van der Waals surface area contributed by atoms with E-state index in [-0.39, 0.29) is 0 Å². The van der Waals surface area contributed by atoms with Crippen LogP contribution in [0.5, 0.6) is 0 Å². The number of rotatable bonds is 3. The molecule has 3 rings (SSSR count). The van der Waals surface area contributed by atoms with Crippen LogP contribution in [0.1, 0.15) is 11.4 Å². The molecule has 0 bridgehead atoms. The van der Waals surface area contributed by atoms with Gasteiger partial charge in [0.2, 0.25) is 0 Å². The first-order valence-electron chi connectivity index (χ1n) is 6.05. The summed E-state index contributed by atoms with van der Waals surface area (Å²) in [4.78, 5) is 5.94. The van der Waals surface area contributed by atoms with E-state index in [1.165, 1.54) is 10.6 Å². The van der Waals surface area contributed by atoms with Gasteiger partial charge in [-0.3, -0.25) is 0 Å². The maximum absolute atomic E-state index is 4.68. The number of hydrogen-bond acceptors (Lipinski definition) is 2. The summed E-state index contributed by atoms with van der Waals surface area (Å²) in [6.45, 7) is 2.12. The molecule has 0 fully saturated rings. The first-order chi connectivity index (χ1) is 9.24. The van der Waals surface area contributed by atoms with Crippen molar-refractivity contribution in [1.29, 1.82) is 0 Å². The Hall–Kier alpha value is -1.26. The largest absolute Gasteiger partial charge is 0.304 e. The van der Waals surface area contributed by atoms with Gasteiger partial charge < -0.3 is 4.40 Å². The van der Waals surface area contributed by atoms with Gasteiger partial charge in [0.25, 0.3) is 0 Å². The minimum absolute atomic E-state index is 0.898. The van der Waals surface area contributed by atoms with Crippen molar-refractivity contribution in [2.75, 3.05) is 0 Å². The summed E-state index contributed by atoms with van der Waals surface area (Å²) in [5, 5.41) is 0. The van der Waals surface area contributed by atoms with Crippen molar-refractivity contribution >= 4 is 33.3 Å². The Morgan fingerprint density at radius 3 is 2.68 bits per heavy atom. The highest BCUT2D eigenvalue weighted by Crippen LogP contribution is 2.25. The molecule has 96 valence electrons. The van der Waals surface area contributed by atoms with E-state index in [4.69, 9.17) is 0 Å². The van der Waals surface area contributed by atoms with Crippen LogP contribution in [-0.4, -0.2) is 9.38 Å². The lowest BCUT2D eigenvalue weighted by Crippen LogP contribution is -1.88. The fraction of sp³-hybridized carbons (Fsp3) is 0.133. The highest BCUT2D eigenvalue weighted by atomic mass is 79.9. The van der Waals surface area contributed by atoms with Crippen LogP contribution in [0.25, 0.3) is 5.65 Å². The molecule has 0 amide bonds. The Morgan fingerprint density at radius 1 is 1.16 bits per heavy atom. The summed E-state index contributed by atoms with van der Waals surface area (Å²) >= 11 is 5.27. The molecule has 0 atom stereocenters. The van der Waals surface area contributed by atoms with Gasteiger partial charge in [-0.1, -0.05) is 22.0 Å². The van der Waals surface area contributed by atoms with E-state index < -0.39 is 0 Å². The van der Waals surface area contributed by atoms with Gasteiger partial charge in [-0.25, -0.2) is 4.98 Å². The second-order valence-electron chi connectivity index (χ2n) is 4.32. The average Bonchev–Trinajstić information content (AvgIpc) is 2.76. The molecule has 1 aromatic carbocycles. The molecule has 0 radical (unpaired) electrons. The lowest BCUT2D eigenvalue weighted by atomic mass is 10.4. The fourth-order valence-electron chi connectivity index (χ4n) is 1.99. The average molecular weight is 333 g/mol. The lowest BCUT2D eigenvalue weighted by molar-refractivity contribution is 1.09. The molecule has 0 N–H and O–H groups in total. The predicted molar refractivity (Wildman–Crippen MR) is 83.6 cm³/mol. The molecular weight excluding hydrogens is 320 g/mol. The summed E-state index contributed by atoms with van der Waals surface area (Å²) < 4.78 is 3.25. The molecule has 0 aliphatic heterocycles. The van der Waals surface area contributed by atoms with E-state index in [0.717, 1.165) is 21.6 Å². The summed E-state index contributed by atoms with van der Waals surface area (Å²) in [6, 6.07) is 14.5. The minimum Gasteiger partial charge on any atom is -0.304 e. The van der Waals surface area contributed by atoms with Crippen molar-refractivity contribution in [2.45, 2.75) is 17.6 Å². The zero-order valence-electron chi connectivity index (χ0n) is 10.5. The summed E-state index contributed by atoms with van der Waals surface area (Å²) in [5.74, 6) is 0.898. The smallest absolute Gasteiger partial charge is 0.137 e. The first kappa shape index (κ1) is 12.8. The van der Waals surface area contributed by atoms with Crippen molar-refractivity contribution in [3.8, 4) is 0 Å². The Kier molecular flexibility index (Phi) is 3.62. The zero-order valence-corrected chi connectivity index (χ0v) is 12.9. The maximum atomic E-state index is 4.68. The standard InChI is InChI=1S/C15H13BrN2S/c1-11-14(17-15-4-2-3-9-18(11)15)10-19-13-7-5-12(16)6-8-13/h2-9H,10H2,1H3.